The number of hydrogen-bond donors (Lipinski definition) is 1. The minimum absolute atomic E-state index is 0.249. The highest BCUT2D eigenvalue weighted by Crippen LogP contribution is 2.20. The number of carbonyl (C=O) groups excluding carboxylic acids is 1. The van der Waals surface area contributed by atoms with E-state index in [0.717, 1.165) is 10.6 Å². The van der Waals surface area contributed by atoms with E-state index in [-0.39, 0.29) is 18.4 Å². The second-order valence-electron chi connectivity index (χ2n) is 5.58. The molecular formula is C17H20N2O3S. The third-order valence-corrected chi connectivity index (χ3v) is 4.51. The van der Waals surface area contributed by atoms with Gasteiger partial charge in [0.25, 0.3) is 5.91 Å². The van der Waals surface area contributed by atoms with Crippen molar-refractivity contribution in [2.24, 2.45) is 0 Å². The van der Waals surface area contributed by atoms with Crippen LogP contribution in [0.2, 0.25) is 0 Å². The second kappa shape index (κ2) is 7.87. The number of nitrogens with zero attached hydrogens (tertiary/aromatic N) is 2. The van der Waals surface area contributed by atoms with Gasteiger partial charge in [-0.15, -0.1) is 11.3 Å². The smallest absolute Gasteiger partial charge is 0.323 e. The summed E-state index contributed by atoms with van der Waals surface area (Å²) >= 11 is 1.43. The van der Waals surface area contributed by atoms with Gasteiger partial charge in [0, 0.05) is 17.8 Å². The van der Waals surface area contributed by atoms with Crippen molar-refractivity contribution in [2.75, 3.05) is 13.1 Å². The van der Waals surface area contributed by atoms with Gasteiger partial charge in [-0.2, -0.15) is 0 Å². The zero-order chi connectivity index (χ0) is 16.8. The van der Waals surface area contributed by atoms with Gasteiger partial charge in [0.2, 0.25) is 0 Å². The van der Waals surface area contributed by atoms with E-state index in [1.54, 1.807) is 5.38 Å². The summed E-state index contributed by atoms with van der Waals surface area (Å²) < 4.78 is 0. The fourth-order valence-corrected chi connectivity index (χ4v) is 2.95. The molecule has 1 aromatic heterocycles. The Morgan fingerprint density at radius 3 is 2.52 bits per heavy atom. The Morgan fingerprint density at radius 2 is 1.96 bits per heavy atom. The lowest BCUT2D eigenvalue weighted by molar-refractivity contribution is -0.137. The molecule has 0 aliphatic heterocycles. The maximum atomic E-state index is 12.5. The third-order valence-electron chi connectivity index (χ3n) is 3.36. The van der Waals surface area contributed by atoms with Crippen LogP contribution < -0.4 is 0 Å². The molecule has 0 fully saturated rings. The zero-order valence-corrected chi connectivity index (χ0v) is 14.0. The van der Waals surface area contributed by atoms with Gasteiger partial charge in [0.15, 0.2) is 0 Å². The molecule has 23 heavy (non-hydrogen) atoms. The van der Waals surface area contributed by atoms with Crippen LogP contribution in [0.25, 0.3) is 0 Å². The predicted molar refractivity (Wildman–Crippen MR) is 89.9 cm³/mol. The van der Waals surface area contributed by atoms with Crippen LogP contribution in [-0.4, -0.2) is 40.0 Å². The van der Waals surface area contributed by atoms with Gasteiger partial charge in [-0.1, -0.05) is 44.2 Å². The lowest BCUT2D eigenvalue weighted by Crippen LogP contribution is -2.37. The van der Waals surface area contributed by atoms with Crippen molar-refractivity contribution in [3.8, 4) is 0 Å². The van der Waals surface area contributed by atoms with Crippen molar-refractivity contribution < 1.29 is 14.7 Å². The van der Waals surface area contributed by atoms with Crippen LogP contribution in [0.5, 0.6) is 0 Å². The molecule has 0 aliphatic rings. The second-order valence-corrected chi connectivity index (χ2v) is 6.47. The quantitative estimate of drug-likeness (QED) is 0.846. The van der Waals surface area contributed by atoms with Crippen LogP contribution in [0.1, 0.15) is 40.8 Å². The molecule has 6 heteroatoms. The summed E-state index contributed by atoms with van der Waals surface area (Å²) in [4.78, 5) is 29.3. The van der Waals surface area contributed by atoms with Gasteiger partial charge in [-0.05, 0) is 12.0 Å². The van der Waals surface area contributed by atoms with Crippen LogP contribution in [0.3, 0.4) is 0 Å². The first-order valence-electron chi connectivity index (χ1n) is 7.47. The molecular weight excluding hydrogens is 312 g/mol. The van der Waals surface area contributed by atoms with Crippen LogP contribution in [0.15, 0.2) is 35.7 Å². The maximum absolute atomic E-state index is 12.5. The largest absolute Gasteiger partial charge is 0.480 e. The highest BCUT2D eigenvalue weighted by molar-refractivity contribution is 7.09. The number of aliphatic carboxylic acids is 1. The fourth-order valence-electron chi connectivity index (χ4n) is 2.14. The van der Waals surface area contributed by atoms with Gasteiger partial charge >= 0.3 is 5.97 Å². The summed E-state index contributed by atoms with van der Waals surface area (Å²) in [5, 5.41) is 11.6. The molecule has 0 bridgehead atoms. The van der Waals surface area contributed by atoms with Crippen LogP contribution in [0.4, 0.5) is 0 Å². The van der Waals surface area contributed by atoms with Crippen LogP contribution >= 0.6 is 11.3 Å². The summed E-state index contributed by atoms with van der Waals surface area (Å²) in [6.45, 7) is 4.05. The average molecular weight is 332 g/mol. The van der Waals surface area contributed by atoms with Gasteiger partial charge in [0.1, 0.15) is 12.2 Å². The summed E-state index contributed by atoms with van der Waals surface area (Å²) in [5.74, 6) is -1.10. The lowest BCUT2D eigenvalue weighted by atomic mass is 10.1. The van der Waals surface area contributed by atoms with Crippen LogP contribution in [0, 0.1) is 0 Å². The molecule has 1 aromatic carbocycles. The molecule has 0 radical (unpaired) electrons. The SMILES string of the molecule is CC(C)c1nc(C(=O)N(CCc2ccccc2)CC(=O)O)cs1. The molecule has 2 aromatic rings. The molecule has 5 nitrogen and oxygen atoms in total. The summed E-state index contributed by atoms with van der Waals surface area (Å²) in [6, 6.07) is 9.70. The number of carbonyl (C=O) groups is 2. The van der Waals surface area contributed by atoms with Crippen molar-refractivity contribution in [3.05, 3.63) is 52.0 Å². The number of thiazole rings is 1. The molecule has 0 atom stereocenters. The number of carboxylic acids is 1. The first-order valence-corrected chi connectivity index (χ1v) is 8.35. The molecule has 1 amide bonds. The monoisotopic (exact) mass is 332 g/mol. The van der Waals surface area contributed by atoms with Crippen LogP contribution in [-0.2, 0) is 11.2 Å². The number of hydrogen-bond acceptors (Lipinski definition) is 4. The number of carboxylic acid groups (broad SMARTS) is 1. The Kier molecular flexibility index (Phi) is 5.87. The first kappa shape index (κ1) is 17.1. The molecule has 1 N–H and O–H groups in total. The van der Waals surface area contributed by atoms with E-state index in [2.05, 4.69) is 4.98 Å². The third kappa shape index (κ3) is 4.89. The molecule has 122 valence electrons. The maximum Gasteiger partial charge on any atom is 0.323 e. The number of benzene rings is 1. The molecule has 0 saturated heterocycles. The van der Waals surface area contributed by atoms with Gasteiger partial charge < -0.3 is 10.0 Å². The lowest BCUT2D eigenvalue weighted by Gasteiger charge is -2.19. The topological polar surface area (TPSA) is 70.5 Å². The normalized spacial score (nSPS) is 10.7. The highest BCUT2D eigenvalue weighted by atomic mass is 32.1. The fraction of sp³-hybridized carbons (Fsp3) is 0.353. The van der Waals surface area contributed by atoms with Gasteiger partial charge in [-0.3, -0.25) is 9.59 Å². The summed E-state index contributed by atoms with van der Waals surface area (Å²) in [6.07, 6.45) is 0.612. The average Bonchev–Trinajstić information content (AvgIpc) is 3.01. The van der Waals surface area contributed by atoms with E-state index in [0.29, 0.717) is 18.7 Å². The first-order chi connectivity index (χ1) is 11.0. The zero-order valence-electron chi connectivity index (χ0n) is 13.2. The Hall–Kier alpha value is -2.21. The Labute approximate surface area is 139 Å². The van der Waals surface area contributed by atoms with Crippen molar-refractivity contribution in [1.82, 2.24) is 9.88 Å². The number of amides is 1. The van der Waals surface area contributed by atoms with E-state index in [1.165, 1.54) is 16.2 Å². The standard InChI is InChI=1S/C17H20N2O3S/c1-12(2)16-18-14(11-23-16)17(22)19(10-15(20)21)9-8-13-6-4-3-5-7-13/h3-7,11-12H,8-10H2,1-2H3,(H,20,21). The van der Waals surface area contributed by atoms with Crippen molar-refractivity contribution in [3.63, 3.8) is 0 Å². The van der Waals surface area contributed by atoms with Gasteiger partial charge in [0.05, 0.1) is 5.01 Å². The van der Waals surface area contributed by atoms with E-state index < -0.39 is 5.97 Å². The minimum atomic E-state index is -1.02. The number of aromatic nitrogens is 1. The molecule has 0 spiro atoms. The Morgan fingerprint density at radius 1 is 1.26 bits per heavy atom. The van der Waals surface area contributed by atoms with Crippen molar-refractivity contribution in [1.29, 1.82) is 0 Å². The molecule has 0 unspecified atom stereocenters. The molecule has 2 rings (SSSR count). The molecule has 0 saturated carbocycles. The number of rotatable bonds is 7. The minimum Gasteiger partial charge on any atom is -0.480 e. The van der Waals surface area contributed by atoms with Gasteiger partial charge in [-0.25, -0.2) is 4.98 Å². The Bertz CT molecular complexity index is 667. The molecule has 1 heterocycles. The molecule has 0 aliphatic carbocycles. The van der Waals surface area contributed by atoms with E-state index in [1.807, 2.05) is 44.2 Å². The van der Waals surface area contributed by atoms with Crippen molar-refractivity contribution >= 4 is 23.2 Å². The van der Waals surface area contributed by atoms with E-state index in [9.17, 15) is 9.59 Å². The van der Waals surface area contributed by atoms with Crippen molar-refractivity contribution in [2.45, 2.75) is 26.2 Å². The van der Waals surface area contributed by atoms with E-state index in [4.69, 9.17) is 5.11 Å². The summed E-state index contributed by atoms with van der Waals surface area (Å²) in [7, 11) is 0. The predicted octanol–water partition coefficient (Wildman–Crippen LogP) is 3.04. The van der Waals surface area contributed by atoms with E-state index >= 15 is 0 Å². The Balaban J connectivity index is 2.09. The summed E-state index contributed by atoms with van der Waals surface area (Å²) in [5.41, 5.74) is 1.39. The highest BCUT2D eigenvalue weighted by Gasteiger charge is 2.21.